The smallest absolute Gasteiger partial charge is 0.251 e. The molecule has 1 unspecified atom stereocenters. The summed E-state index contributed by atoms with van der Waals surface area (Å²) in [5.41, 5.74) is 0.602. The van der Waals surface area contributed by atoms with Crippen molar-refractivity contribution in [2.45, 2.75) is 39.2 Å². The average Bonchev–Trinajstić information content (AvgIpc) is 3.05. The van der Waals surface area contributed by atoms with E-state index in [4.69, 9.17) is 9.47 Å². The van der Waals surface area contributed by atoms with E-state index in [1.54, 1.807) is 12.1 Å². The molecule has 0 aliphatic carbocycles. The first kappa shape index (κ1) is 16.6. The maximum atomic E-state index is 12.2. The molecule has 1 aromatic carbocycles. The van der Waals surface area contributed by atoms with E-state index in [9.17, 15) is 4.79 Å². The predicted octanol–water partition coefficient (Wildman–Crippen LogP) is 2.36. The molecule has 0 bridgehead atoms. The van der Waals surface area contributed by atoms with Crippen LogP contribution in [0.4, 0.5) is 0 Å². The fraction of sp³-hybridized carbons (Fsp3) is 0.588. The number of amides is 1. The Hall–Kier alpha value is -1.75. The van der Waals surface area contributed by atoms with Gasteiger partial charge in [-0.3, -0.25) is 4.79 Å². The van der Waals surface area contributed by atoms with Gasteiger partial charge in [0.1, 0.15) is 0 Å². The van der Waals surface area contributed by atoms with Gasteiger partial charge >= 0.3 is 0 Å². The van der Waals surface area contributed by atoms with Crippen LogP contribution in [0.5, 0.6) is 11.5 Å². The number of carbonyl (C=O) groups excluding carboxylic acids is 1. The Labute approximate surface area is 132 Å². The largest absolute Gasteiger partial charge is 0.490 e. The number of benzene rings is 1. The molecule has 0 spiro atoms. The van der Waals surface area contributed by atoms with E-state index in [2.05, 4.69) is 17.6 Å². The highest BCUT2D eigenvalue weighted by atomic mass is 16.5. The van der Waals surface area contributed by atoms with Crippen molar-refractivity contribution in [3.63, 3.8) is 0 Å². The summed E-state index contributed by atoms with van der Waals surface area (Å²) in [6.45, 7) is 6.86. The number of ether oxygens (including phenoxy) is 2. The van der Waals surface area contributed by atoms with Gasteiger partial charge in [-0.1, -0.05) is 6.92 Å². The normalized spacial score (nSPS) is 17.3. The molecule has 1 heterocycles. The van der Waals surface area contributed by atoms with Crippen molar-refractivity contribution >= 4 is 5.91 Å². The number of hydrogen-bond acceptors (Lipinski definition) is 4. The molecule has 5 nitrogen and oxygen atoms in total. The van der Waals surface area contributed by atoms with Crippen molar-refractivity contribution in [3.05, 3.63) is 23.8 Å². The van der Waals surface area contributed by atoms with Gasteiger partial charge in [-0.2, -0.15) is 0 Å². The van der Waals surface area contributed by atoms with E-state index in [-0.39, 0.29) is 5.91 Å². The predicted molar refractivity (Wildman–Crippen MR) is 86.8 cm³/mol. The Morgan fingerprint density at radius 3 is 2.86 bits per heavy atom. The van der Waals surface area contributed by atoms with Crippen LogP contribution in [0.25, 0.3) is 0 Å². The van der Waals surface area contributed by atoms with Crippen LogP contribution in [0, 0.1) is 0 Å². The Bertz CT molecular complexity index is 485. The molecular formula is C17H26N2O3. The number of rotatable bonds is 8. The molecule has 1 amide bonds. The van der Waals surface area contributed by atoms with Crippen molar-refractivity contribution in [2.75, 3.05) is 26.3 Å². The second-order valence-corrected chi connectivity index (χ2v) is 5.45. The molecule has 1 aromatic rings. The lowest BCUT2D eigenvalue weighted by Gasteiger charge is -2.14. The number of carbonyl (C=O) groups is 1. The summed E-state index contributed by atoms with van der Waals surface area (Å²) in [6, 6.07) is 5.74. The molecule has 2 rings (SSSR count). The summed E-state index contributed by atoms with van der Waals surface area (Å²) in [5, 5.41) is 6.34. The summed E-state index contributed by atoms with van der Waals surface area (Å²) in [7, 11) is 0. The molecule has 122 valence electrons. The molecule has 1 aliphatic rings. The van der Waals surface area contributed by atoms with Gasteiger partial charge in [0.2, 0.25) is 0 Å². The maximum Gasteiger partial charge on any atom is 0.251 e. The van der Waals surface area contributed by atoms with Gasteiger partial charge in [0.25, 0.3) is 5.91 Å². The second kappa shape index (κ2) is 8.63. The van der Waals surface area contributed by atoms with Crippen LogP contribution in [-0.4, -0.2) is 38.3 Å². The lowest BCUT2D eigenvalue weighted by atomic mass is 10.1. The van der Waals surface area contributed by atoms with E-state index in [0.29, 0.717) is 42.9 Å². The first-order valence-electron chi connectivity index (χ1n) is 8.15. The molecule has 0 radical (unpaired) electrons. The van der Waals surface area contributed by atoms with Crippen molar-refractivity contribution in [1.82, 2.24) is 10.6 Å². The van der Waals surface area contributed by atoms with Gasteiger partial charge in [0, 0.05) is 18.2 Å². The third-order valence-corrected chi connectivity index (χ3v) is 3.64. The molecule has 5 heteroatoms. The Balaban J connectivity index is 1.99. The topological polar surface area (TPSA) is 59.6 Å². The fourth-order valence-electron chi connectivity index (χ4n) is 2.50. The van der Waals surface area contributed by atoms with Crippen molar-refractivity contribution in [1.29, 1.82) is 0 Å². The summed E-state index contributed by atoms with van der Waals surface area (Å²) in [4.78, 5) is 12.2. The van der Waals surface area contributed by atoms with Crippen molar-refractivity contribution in [3.8, 4) is 11.5 Å². The third-order valence-electron chi connectivity index (χ3n) is 3.64. The zero-order chi connectivity index (χ0) is 15.8. The molecule has 1 saturated heterocycles. The van der Waals surface area contributed by atoms with E-state index in [0.717, 1.165) is 19.4 Å². The minimum Gasteiger partial charge on any atom is -0.490 e. The van der Waals surface area contributed by atoms with Crippen LogP contribution < -0.4 is 20.1 Å². The highest BCUT2D eigenvalue weighted by Crippen LogP contribution is 2.28. The molecule has 1 aliphatic heterocycles. The summed E-state index contributed by atoms with van der Waals surface area (Å²) >= 11 is 0. The monoisotopic (exact) mass is 306 g/mol. The lowest BCUT2D eigenvalue weighted by Crippen LogP contribution is -2.37. The van der Waals surface area contributed by atoms with Crippen LogP contribution in [0.1, 0.15) is 43.5 Å². The van der Waals surface area contributed by atoms with Gasteiger partial charge < -0.3 is 20.1 Å². The molecule has 0 aromatic heterocycles. The Morgan fingerprint density at radius 1 is 1.32 bits per heavy atom. The van der Waals surface area contributed by atoms with E-state index in [1.807, 2.05) is 13.0 Å². The van der Waals surface area contributed by atoms with Crippen LogP contribution in [0.15, 0.2) is 18.2 Å². The average molecular weight is 306 g/mol. The van der Waals surface area contributed by atoms with Gasteiger partial charge in [-0.15, -0.1) is 0 Å². The van der Waals surface area contributed by atoms with Gasteiger partial charge in [0.05, 0.1) is 13.2 Å². The summed E-state index contributed by atoms with van der Waals surface area (Å²) in [6.07, 6.45) is 3.23. The van der Waals surface area contributed by atoms with Crippen LogP contribution >= 0.6 is 0 Å². The van der Waals surface area contributed by atoms with Crippen LogP contribution in [-0.2, 0) is 0 Å². The standard InChI is InChI=1S/C17H26N2O3/c1-3-10-22-15-8-7-13(11-16(15)21-4-2)17(20)19-12-14-6-5-9-18-14/h7-8,11,14,18H,3-6,9-10,12H2,1-2H3,(H,19,20). The Morgan fingerprint density at radius 2 is 2.18 bits per heavy atom. The zero-order valence-electron chi connectivity index (χ0n) is 13.5. The van der Waals surface area contributed by atoms with Crippen LogP contribution in [0.3, 0.4) is 0 Å². The lowest BCUT2D eigenvalue weighted by molar-refractivity contribution is 0.0949. The van der Waals surface area contributed by atoms with E-state index in [1.165, 1.54) is 6.42 Å². The van der Waals surface area contributed by atoms with Crippen LogP contribution in [0.2, 0.25) is 0 Å². The molecule has 1 fully saturated rings. The molecular weight excluding hydrogens is 280 g/mol. The van der Waals surface area contributed by atoms with E-state index >= 15 is 0 Å². The quantitative estimate of drug-likeness (QED) is 0.774. The molecule has 2 N–H and O–H groups in total. The summed E-state index contributed by atoms with van der Waals surface area (Å²) < 4.78 is 11.2. The van der Waals surface area contributed by atoms with Crippen molar-refractivity contribution in [2.24, 2.45) is 0 Å². The Kier molecular flexibility index (Phi) is 6.52. The minimum atomic E-state index is -0.0725. The molecule has 22 heavy (non-hydrogen) atoms. The van der Waals surface area contributed by atoms with Gasteiger partial charge in [-0.25, -0.2) is 0 Å². The van der Waals surface area contributed by atoms with Gasteiger partial charge in [-0.05, 0) is 50.9 Å². The first-order chi connectivity index (χ1) is 10.7. The third kappa shape index (κ3) is 4.63. The molecule has 0 saturated carbocycles. The van der Waals surface area contributed by atoms with E-state index < -0.39 is 0 Å². The zero-order valence-corrected chi connectivity index (χ0v) is 13.5. The molecule has 1 atom stereocenters. The highest BCUT2D eigenvalue weighted by Gasteiger charge is 2.16. The minimum absolute atomic E-state index is 0.0725. The fourth-order valence-corrected chi connectivity index (χ4v) is 2.50. The highest BCUT2D eigenvalue weighted by molar-refractivity contribution is 5.94. The SMILES string of the molecule is CCCOc1ccc(C(=O)NCC2CCCN2)cc1OCC. The first-order valence-corrected chi connectivity index (χ1v) is 8.15. The maximum absolute atomic E-state index is 12.2. The number of hydrogen-bond donors (Lipinski definition) is 2. The number of nitrogens with one attached hydrogen (secondary N) is 2. The second-order valence-electron chi connectivity index (χ2n) is 5.45. The van der Waals surface area contributed by atoms with Crippen molar-refractivity contribution < 1.29 is 14.3 Å². The summed E-state index contributed by atoms with van der Waals surface area (Å²) in [5.74, 6) is 1.25. The van der Waals surface area contributed by atoms with Gasteiger partial charge in [0.15, 0.2) is 11.5 Å².